The molecule has 1 aliphatic rings. The van der Waals surface area contributed by atoms with E-state index >= 15 is 0 Å². The molecule has 2 N–H and O–H groups in total. The van der Waals surface area contributed by atoms with Crippen molar-refractivity contribution in [1.29, 1.82) is 0 Å². The number of rotatable bonds is 6. The normalized spacial score (nSPS) is 15.8. The van der Waals surface area contributed by atoms with Crippen molar-refractivity contribution in [2.24, 2.45) is 0 Å². The summed E-state index contributed by atoms with van der Waals surface area (Å²) in [6, 6.07) is 21.3. The van der Waals surface area contributed by atoms with Crippen molar-refractivity contribution in [2.45, 2.75) is 59.2 Å². The number of piperidine rings is 1. The van der Waals surface area contributed by atoms with E-state index < -0.39 is 5.69 Å². The zero-order valence-electron chi connectivity index (χ0n) is 21.3. The number of hydrogen-bond acceptors (Lipinski definition) is 6. The summed E-state index contributed by atoms with van der Waals surface area (Å²) in [7, 11) is 0. The van der Waals surface area contributed by atoms with Crippen molar-refractivity contribution in [3.63, 3.8) is 0 Å². The van der Waals surface area contributed by atoms with E-state index in [2.05, 4.69) is 63.5 Å². The second kappa shape index (κ2) is 11.8. The van der Waals surface area contributed by atoms with Gasteiger partial charge in [0.05, 0.1) is 5.39 Å². The fourth-order valence-corrected chi connectivity index (χ4v) is 4.70. The Labute approximate surface area is 212 Å². The Morgan fingerprint density at radius 3 is 2.47 bits per heavy atom. The van der Waals surface area contributed by atoms with Gasteiger partial charge in [0.1, 0.15) is 5.82 Å². The number of anilines is 1. The van der Waals surface area contributed by atoms with Gasteiger partial charge in [0.25, 0.3) is 0 Å². The Bertz CT molecular complexity index is 1370. The minimum atomic E-state index is -0.762. The largest absolute Gasteiger partial charge is 0.422 e. The SMILES string of the molecule is CC.CC1CCCCN1Cc1cccc(-c2cccc(CNc3nc(=O)n(O)c4ncccc34)c2)c1. The Balaban J connectivity index is 0.00000148. The molecule has 36 heavy (non-hydrogen) atoms. The third kappa shape index (κ3) is 5.74. The second-order valence-electron chi connectivity index (χ2n) is 9.00. The van der Waals surface area contributed by atoms with Gasteiger partial charge in [0.2, 0.25) is 0 Å². The third-order valence-electron chi connectivity index (χ3n) is 6.60. The van der Waals surface area contributed by atoms with Crippen molar-refractivity contribution in [2.75, 3.05) is 11.9 Å². The number of aromatic nitrogens is 3. The summed E-state index contributed by atoms with van der Waals surface area (Å²) in [6.45, 7) is 8.98. The lowest BCUT2D eigenvalue weighted by Gasteiger charge is -2.33. The van der Waals surface area contributed by atoms with Crippen LogP contribution in [0.2, 0.25) is 0 Å². The van der Waals surface area contributed by atoms with Gasteiger partial charge in [-0.25, -0.2) is 9.78 Å². The van der Waals surface area contributed by atoms with E-state index in [0.717, 1.165) is 17.7 Å². The van der Waals surface area contributed by atoms with Crippen molar-refractivity contribution in [3.05, 3.63) is 88.5 Å². The topological polar surface area (TPSA) is 83.3 Å². The Morgan fingerprint density at radius 1 is 1.00 bits per heavy atom. The molecule has 1 saturated heterocycles. The lowest BCUT2D eigenvalue weighted by molar-refractivity contribution is 0.152. The number of likely N-dealkylation sites (tertiary alicyclic amines) is 1. The highest BCUT2D eigenvalue weighted by molar-refractivity contribution is 5.86. The first-order valence-electron chi connectivity index (χ1n) is 12.8. The first kappa shape index (κ1) is 25.4. The quantitative estimate of drug-likeness (QED) is 0.341. The molecular weight excluding hydrogens is 450 g/mol. The number of fused-ring (bicyclic) bond motifs is 1. The zero-order chi connectivity index (χ0) is 25.5. The molecule has 3 heterocycles. The molecule has 7 heteroatoms. The zero-order valence-corrected chi connectivity index (χ0v) is 21.3. The van der Waals surface area contributed by atoms with Crippen LogP contribution in [0.4, 0.5) is 5.82 Å². The molecule has 1 atom stereocenters. The summed E-state index contributed by atoms with van der Waals surface area (Å²) in [5.74, 6) is 0.404. The highest BCUT2D eigenvalue weighted by Gasteiger charge is 2.18. The molecule has 7 nitrogen and oxygen atoms in total. The van der Waals surface area contributed by atoms with E-state index in [0.29, 0.717) is 28.5 Å². The molecule has 0 amide bonds. The average Bonchev–Trinajstić information content (AvgIpc) is 2.93. The Kier molecular flexibility index (Phi) is 8.33. The summed E-state index contributed by atoms with van der Waals surface area (Å²) >= 11 is 0. The van der Waals surface area contributed by atoms with Gasteiger partial charge >= 0.3 is 5.69 Å². The van der Waals surface area contributed by atoms with Gasteiger partial charge in [-0.1, -0.05) is 56.7 Å². The highest BCUT2D eigenvalue weighted by atomic mass is 16.5. The van der Waals surface area contributed by atoms with Gasteiger partial charge in [-0.05, 0) is 72.8 Å². The Morgan fingerprint density at radius 2 is 1.72 bits per heavy atom. The number of benzene rings is 2. The highest BCUT2D eigenvalue weighted by Crippen LogP contribution is 2.25. The molecule has 2 aromatic carbocycles. The standard InChI is InChI=1S/C27H29N5O2.C2H6/c1-19-7-2-3-14-31(19)18-21-9-5-11-23(16-21)22-10-4-8-20(15-22)17-29-25-24-12-6-13-28-26(24)32(34)27(33)30-25;1-2/h4-6,8-13,15-16,19,34H,2-3,7,14,17-18H2,1H3,(H,29,30,33);1-2H3. The van der Waals surface area contributed by atoms with E-state index in [9.17, 15) is 10.0 Å². The van der Waals surface area contributed by atoms with Gasteiger partial charge in [-0.15, -0.1) is 4.73 Å². The van der Waals surface area contributed by atoms with Crippen molar-refractivity contribution in [1.82, 2.24) is 19.6 Å². The summed E-state index contributed by atoms with van der Waals surface area (Å²) in [5, 5.41) is 13.7. The summed E-state index contributed by atoms with van der Waals surface area (Å²) in [5.41, 5.74) is 4.17. The van der Waals surface area contributed by atoms with Crippen molar-refractivity contribution in [3.8, 4) is 11.1 Å². The number of nitrogens with one attached hydrogen (secondary N) is 1. The van der Waals surface area contributed by atoms with E-state index in [-0.39, 0.29) is 5.65 Å². The molecule has 1 fully saturated rings. The smallest absolute Gasteiger partial charge is 0.384 e. The summed E-state index contributed by atoms with van der Waals surface area (Å²) in [4.78, 5) is 22.7. The van der Waals surface area contributed by atoms with Gasteiger partial charge in [0.15, 0.2) is 5.65 Å². The molecule has 1 unspecified atom stereocenters. The molecule has 188 valence electrons. The number of nitrogens with zero attached hydrogens (tertiary/aromatic N) is 4. The van der Waals surface area contributed by atoms with Gasteiger partial charge in [0, 0.05) is 25.3 Å². The van der Waals surface area contributed by atoms with Gasteiger partial charge in [-0.3, -0.25) is 4.90 Å². The lowest BCUT2D eigenvalue weighted by atomic mass is 9.99. The van der Waals surface area contributed by atoms with E-state index in [1.54, 1.807) is 12.1 Å². The van der Waals surface area contributed by atoms with Crippen molar-refractivity contribution < 1.29 is 5.21 Å². The number of hydrogen-bond donors (Lipinski definition) is 2. The van der Waals surface area contributed by atoms with Crippen LogP contribution in [0.1, 0.15) is 51.2 Å². The second-order valence-corrected chi connectivity index (χ2v) is 9.00. The maximum absolute atomic E-state index is 12.0. The van der Waals surface area contributed by atoms with Crippen LogP contribution >= 0.6 is 0 Å². The monoisotopic (exact) mass is 485 g/mol. The molecule has 2 aromatic heterocycles. The first-order valence-corrected chi connectivity index (χ1v) is 12.8. The first-order chi connectivity index (χ1) is 17.6. The lowest BCUT2D eigenvalue weighted by Crippen LogP contribution is -2.36. The van der Waals surface area contributed by atoms with Crippen LogP contribution in [0.3, 0.4) is 0 Å². The molecule has 0 spiro atoms. The maximum atomic E-state index is 12.0. The third-order valence-corrected chi connectivity index (χ3v) is 6.60. The fraction of sp³-hybridized carbons (Fsp3) is 0.345. The molecule has 0 aliphatic carbocycles. The molecule has 0 saturated carbocycles. The predicted octanol–water partition coefficient (Wildman–Crippen LogP) is 5.71. The predicted molar refractivity (Wildman–Crippen MR) is 145 cm³/mol. The minimum Gasteiger partial charge on any atom is -0.422 e. The summed E-state index contributed by atoms with van der Waals surface area (Å²) in [6.07, 6.45) is 5.43. The maximum Gasteiger partial charge on any atom is 0.384 e. The van der Waals surface area contributed by atoms with E-state index in [1.165, 1.54) is 43.1 Å². The Hall–Kier alpha value is -3.71. The molecule has 4 aromatic rings. The molecule has 1 aliphatic heterocycles. The molecular formula is C29H35N5O2. The number of pyridine rings is 1. The van der Waals surface area contributed by atoms with Crippen LogP contribution in [0.15, 0.2) is 71.7 Å². The summed E-state index contributed by atoms with van der Waals surface area (Å²) < 4.78 is 0.471. The van der Waals surface area contributed by atoms with Crippen LogP contribution < -0.4 is 11.0 Å². The van der Waals surface area contributed by atoms with Crippen LogP contribution in [-0.2, 0) is 13.1 Å². The molecule has 0 bridgehead atoms. The molecule has 5 rings (SSSR count). The van der Waals surface area contributed by atoms with Crippen LogP contribution in [0.25, 0.3) is 22.2 Å². The van der Waals surface area contributed by atoms with Crippen LogP contribution in [0, 0.1) is 0 Å². The minimum absolute atomic E-state index is 0.179. The van der Waals surface area contributed by atoms with E-state index in [1.807, 2.05) is 26.0 Å². The van der Waals surface area contributed by atoms with Gasteiger partial charge < -0.3 is 10.5 Å². The average molecular weight is 486 g/mol. The van der Waals surface area contributed by atoms with Crippen LogP contribution in [0.5, 0.6) is 0 Å². The molecule has 0 radical (unpaired) electrons. The van der Waals surface area contributed by atoms with E-state index in [4.69, 9.17) is 0 Å². The van der Waals surface area contributed by atoms with Gasteiger partial charge in [-0.2, -0.15) is 4.98 Å². The van der Waals surface area contributed by atoms with Crippen molar-refractivity contribution >= 4 is 16.9 Å². The van der Waals surface area contributed by atoms with Crippen LogP contribution in [-0.4, -0.2) is 37.4 Å². The fourth-order valence-electron chi connectivity index (χ4n) is 4.70.